The minimum absolute atomic E-state index is 0.0786. The summed E-state index contributed by atoms with van der Waals surface area (Å²) >= 11 is 0. The Morgan fingerprint density at radius 2 is 2.05 bits per heavy atom. The lowest BCUT2D eigenvalue weighted by atomic mass is 10.1. The topological polar surface area (TPSA) is 85.4 Å². The highest BCUT2D eigenvalue weighted by molar-refractivity contribution is 5.89. The minimum atomic E-state index is -0.631. The number of methoxy groups -OCH3 is 1. The van der Waals surface area contributed by atoms with E-state index in [-0.39, 0.29) is 18.8 Å². The Hall–Kier alpha value is -2.18. The zero-order chi connectivity index (χ0) is 15.9. The Balaban J connectivity index is 1.99. The van der Waals surface area contributed by atoms with Crippen LogP contribution in [0.1, 0.15) is 16.8 Å². The van der Waals surface area contributed by atoms with Crippen molar-refractivity contribution < 1.29 is 28.9 Å². The molecule has 22 heavy (non-hydrogen) atoms. The average molecular weight is 306 g/mol. The fourth-order valence-electron chi connectivity index (χ4n) is 1.98. The van der Waals surface area contributed by atoms with Crippen LogP contribution in [0, 0.1) is 0 Å². The quantitative estimate of drug-likeness (QED) is 0.461. The SMILES string of the molecule is COC(=O)/C=C\[C@@H](C[C@@H]1O[C@H]1CO)OC(=O)c1ccccc1. The van der Waals surface area contributed by atoms with Gasteiger partial charge in [-0.25, -0.2) is 9.59 Å². The third kappa shape index (κ3) is 4.68. The van der Waals surface area contributed by atoms with Crippen molar-refractivity contribution in [1.82, 2.24) is 0 Å². The molecule has 0 bridgehead atoms. The van der Waals surface area contributed by atoms with E-state index in [1.165, 1.54) is 19.3 Å². The first kappa shape index (κ1) is 16.2. The molecule has 3 atom stereocenters. The number of esters is 2. The number of rotatable bonds is 7. The molecule has 1 fully saturated rings. The zero-order valence-electron chi connectivity index (χ0n) is 12.2. The zero-order valence-corrected chi connectivity index (χ0v) is 12.2. The second-order valence-electron chi connectivity index (χ2n) is 4.82. The van der Waals surface area contributed by atoms with Crippen LogP contribution in [0.2, 0.25) is 0 Å². The first-order valence-corrected chi connectivity index (χ1v) is 6.92. The van der Waals surface area contributed by atoms with E-state index in [9.17, 15) is 9.59 Å². The van der Waals surface area contributed by atoms with Crippen LogP contribution in [-0.4, -0.2) is 49.1 Å². The number of aliphatic hydroxyl groups excluding tert-OH is 1. The largest absolute Gasteiger partial charge is 0.466 e. The summed E-state index contributed by atoms with van der Waals surface area (Å²) in [6.45, 7) is -0.0786. The lowest BCUT2D eigenvalue weighted by molar-refractivity contribution is -0.134. The molecule has 1 N–H and O–H groups in total. The lowest BCUT2D eigenvalue weighted by Gasteiger charge is -2.13. The molecule has 0 amide bonds. The molecule has 0 aromatic heterocycles. The van der Waals surface area contributed by atoms with Gasteiger partial charge in [0.2, 0.25) is 0 Å². The van der Waals surface area contributed by atoms with Gasteiger partial charge in [-0.2, -0.15) is 0 Å². The van der Waals surface area contributed by atoms with Gasteiger partial charge in [0, 0.05) is 12.5 Å². The molecule has 0 saturated carbocycles. The third-order valence-electron chi connectivity index (χ3n) is 3.25. The maximum absolute atomic E-state index is 12.1. The van der Waals surface area contributed by atoms with Crippen molar-refractivity contribution in [1.29, 1.82) is 0 Å². The molecule has 1 heterocycles. The van der Waals surface area contributed by atoms with Crippen molar-refractivity contribution in [2.24, 2.45) is 0 Å². The van der Waals surface area contributed by atoms with Crippen LogP contribution >= 0.6 is 0 Å². The fraction of sp³-hybridized carbons (Fsp3) is 0.375. The Labute approximate surface area is 128 Å². The van der Waals surface area contributed by atoms with Gasteiger partial charge in [0.1, 0.15) is 12.2 Å². The van der Waals surface area contributed by atoms with E-state index < -0.39 is 18.0 Å². The first-order chi connectivity index (χ1) is 10.6. The predicted molar refractivity (Wildman–Crippen MR) is 77.2 cm³/mol. The van der Waals surface area contributed by atoms with Gasteiger partial charge < -0.3 is 19.3 Å². The Morgan fingerprint density at radius 1 is 1.32 bits per heavy atom. The number of hydrogen-bond acceptors (Lipinski definition) is 6. The third-order valence-corrected chi connectivity index (χ3v) is 3.25. The highest BCUT2D eigenvalue weighted by Crippen LogP contribution is 2.27. The number of epoxide rings is 1. The smallest absolute Gasteiger partial charge is 0.338 e. The highest BCUT2D eigenvalue weighted by Gasteiger charge is 2.40. The van der Waals surface area contributed by atoms with E-state index in [0.29, 0.717) is 12.0 Å². The predicted octanol–water partition coefficient (Wildman–Crippen LogP) is 1.09. The second-order valence-corrected chi connectivity index (χ2v) is 4.82. The van der Waals surface area contributed by atoms with E-state index in [1.54, 1.807) is 30.3 Å². The van der Waals surface area contributed by atoms with Crippen molar-refractivity contribution in [3.05, 3.63) is 48.0 Å². The van der Waals surface area contributed by atoms with Crippen LogP contribution in [0.25, 0.3) is 0 Å². The Bertz CT molecular complexity index is 539. The molecule has 0 unspecified atom stereocenters. The van der Waals surface area contributed by atoms with Crippen LogP contribution < -0.4 is 0 Å². The van der Waals surface area contributed by atoms with Crippen LogP contribution in [0.15, 0.2) is 42.5 Å². The molecule has 0 aliphatic carbocycles. The molecule has 1 aliphatic heterocycles. The number of benzene rings is 1. The maximum atomic E-state index is 12.1. The summed E-state index contributed by atoms with van der Waals surface area (Å²) in [5.74, 6) is -1.02. The Morgan fingerprint density at radius 3 is 2.64 bits per heavy atom. The summed E-state index contributed by atoms with van der Waals surface area (Å²) in [5, 5.41) is 8.98. The van der Waals surface area contributed by atoms with Gasteiger partial charge in [-0.05, 0) is 18.2 Å². The van der Waals surface area contributed by atoms with Gasteiger partial charge in [0.05, 0.1) is 25.4 Å². The van der Waals surface area contributed by atoms with Crippen LogP contribution in [0.3, 0.4) is 0 Å². The molecule has 0 spiro atoms. The Kier molecular flexibility index (Phi) is 5.68. The van der Waals surface area contributed by atoms with E-state index in [0.717, 1.165) is 0 Å². The maximum Gasteiger partial charge on any atom is 0.338 e. The van der Waals surface area contributed by atoms with Gasteiger partial charge in [0.15, 0.2) is 0 Å². The molecule has 1 aliphatic rings. The van der Waals surface area contributed by atoms with Crippen molar-refractivity contribution >= 4 is 11.9 Å². The van der Waals surface area contributed by atoms with E-state index in [2.05, 4.69) is 4.74 Å². The molecule has 1 aromatic rings. The standard InChI is InChI=1S/C16H18O6/c1-20-15(18)8-7-12(9-13-14(10-17)22-13)21-16(19)11-5-3-2-4-6-11/h2-8,12-14,17H,9-10H2,1H3/b8-7-/t12-,13-,14-/m0/s1. The average Bonchev–Trinajstić information content (AvgIpc) is 3.31. The minimum Gasteiger partial charge on any atom is -0.466 e. The van der Waals surface area contributed by atoms with Crippen molar-refractivity contribution in [3.63, 3.8) is 0 Å². The van der Waals surface area contributed by atoms with E-state index in [4.69, 9.17) is 14.6 Å². The van der Waals surface area contributed by atoms with Crippen LogP contribution in [0.4, 0.5) is 0 Å². The van der Waals surface area contributed by atoms with Crippen molar-refractivity contribution in [3.8, 4) is 0 Å². The first-order valence-electron chi connectivity index (χ1n) is 6.92. The molecular formula is C16H18O6. The summed E-state index contributed by atoms with van der Waals surface area (Å²) in [5.41, 5.74) is 0.425. The summed E-state index contributed by atoms with van der Waals surface area (Å²) < 4.78 is 15.1. The molecule has 1 aromatic carbocycles. The van der Waals surface area contributed by atoms with E-state index >= 15 is 0 Å². The van der Waals surface area contributed by atoms with Gasteiger partial charge in [-0.15, -0.1) is 0 Å². The molecule has 6 nitrogen and oxygen atoms in total. The van der Waals surface area contributed by atoms with Crippen LogP contribution in [0.5, 0.6) is 0 Å². The van der Waals surface area contributed by atoms with Gasteiger partial charge >= 0.3 is 11.9 Å². The van der Waals surface area contributed by atoms with Crippen molar-refractivity contribution in [2.45, 2.75) is 24.7 Å². The fourth-order valence-corrected chi connectivity index (χ4v) is 1.98. The highest BCUT2D eigenvalue weighted by atomic mass is 16.6. The number of carbonyl (C=O) groups is 2. The summed E-state index contributed by atoms with van der Waals surface area (Å²) in [7, 11) is 1.27. The molecule has 2 rings (SSSR count). The molecule has 1 saturated heterocycles. The lowest BCUT2D eigenvalue weighted by Crippen LogP contribution is -2.19. The summed E-state index contributed by atoms with van der Waals surface area (Å²) in [6, 6.07) is 8.57. The van der Waals surface area contributed by atoms with Gasteiger partial charge in [-0.1, -0.05) is 18.2 Å². The monoisotopic (exact) mass is 306 g/mol. The van der Waals surface area contributed by atoms with Crippen molar-refractivity contribution in [2.75, 3.05) is 13.7 Å². The number of hydrogen-bond donors (Lipinski definition) is 1. The molecular weight excluding hydrogens is 288 g/mol. The molecule has 118 valence electrons. The summed E-state index contributed by atoms with van der Waals surface area (Å²) in [6.07, 6.45) is 2.00. The molecule has 6 heteroatoms. The second kappa shape index (κ2) is 7.72. The van der Waals surface area contributed by atoms with E-state index in [1.807, 2.05) is 0 Å². The number of ether oxygens (including phenoxy) is 3. The van der Waals surface area contributed by atoms with Crippen LogP contribution in [-0.2, 0) is 19.0 Å². The van der Waals surface area contributed by atoms with Gasteiger partial charge in [0.25, 0.3) is 0 Å². The summed E-state index contributed by atoms with van der Waals surface area (Å²) in [4.78, 5) is 23.2. The number of aliphatic hydroxyl groups is 1. The molecule has 0 radical (unpaired) electrons. The number of carbonyl (C=O) groups excluding carboxylic acids is 2. The van der Waals surface area contributed by atoms with Gasteiger partial charge in [-0.3, -0.25) is 0 Å². The normalized spacial score (nSPS) is 21.4.